The molecule has 0 radical (unpaired) electrons. The van der Waals surface area contributed by atoms with Crippen LogP contribution in [0.3, 0.4) is 0 Å². The number of hydrogen-bond donors (Lipinski definition) is 1. The van der Waals surface area contributed by atoms with E-state index in [0.717, 1.165) is 43.9 Å². The molecule has 1 saturated carbocycles. The van der Waals surface area contributed by atoms with E-state index in [9.17, 15) is 4.79 Å². The lowest BCUT2D eigenvalue weighted by Crippen LogP contribution is -2.55. The average molecular weight is 301 g/mol. The standard InChI is InChI=1S/C16H31NO2S/c1-5-13(3)12-20-11-9-14-8-7-10-16(14,17-6-2)15(18)19-4/h13-14,17H,5-12H2,1-4H3. The summed E-state index contributed by atoms with van der Waals surface area (Å²) in [5.74, 6) is 3.55. The third-order valence-corrected chi connectivity index (χ3v) is 5.90. The summed E-state index contributed by atoms with van der Waals surface area (Å²) in [6, 6.07) is 0. The Morgan fingerprint density at radius 1 is 1.50 bits per heavy atom. The third kappa shape index (κ3) is 4.39. The van der Waals surface area contributed by atoms with Crippen molar-refractivity contribution in [1.29, 1.82) is 0 Å². The lowest BCUT2D eigenvalue weighted by atomic mass is 9.85. The van der Waals surface area contributed by atoms with Crippen molar-refractivity contribution < 1.29 is 9.53 Å². The monoisotopic (exact) mass is 301 g/mol. The molecule has 3 atom stereocenters. The zero-order valence-corrected chi connectivity index (χ0v) is 14.4. The van der Waals surface area contributed by atoms with Crippen LogP contribution >= 0.6 is 11.8 Å². The summed E-state index contributed by atoms with van der Waals surface area (Å²) in [7, 11) is 1.51. The molecular formula is C16H31NO2S. The van der Waals surface area contributed by atoms with Crippen LogP contribution in [-0.4, -0.2) is 36.7 Å². The molecule has 0 aromatic rings. The van der Waals surface area contributed by atoms with Crippen molar-refractivity contribution in [1.82, 2.24) is 5.32 Å². The molecule has 0 aliphatic heterocycles. The van der Waals surface area contributed by atoms with Crippen LogP contribution in [0.4, 0.5) is 0 Å². The van der Waals surface area contributed by atoms with Gasteiger partial charge in [0.1, 0.15) is 5.54 Å². The molecule has 0 bridgehead atoms. The molecule has 0 saturated heterocycles. The molecule has 0 aromatic heterocycles. The quantitative estimate of drug-likeness (QED) is 0.523. The van der Waals surface area contributed by atoms with E-state index < -0.39 is 5.54 Å². The Labute approximate surface area is 128 Å². The topological polar surface area (TPSA) is 38.3 Å². The van der Waals surface area contributed by atoms with Gasteiger partial charge in [-0.15, -0.1) is 0 Å². The van der Waals surface area contributed by atoms with E-state index in [4.69, 9.17) is 4.74 Å². The first-order valence-corrected chi connectivity index (χ1v) is 9.17. The van der Waals surface area contributed by atoms with Crippen LogP contribution in [0.25, 0.3) is 0 Å². The number of ether oxygens (including phenoxy) is 1. The van der Waals surface area contributed by atoms with Gasteiger partial charge in [-0.1, -0.05) is 33.6 Å². The lowest BCUT2D eigenvalue weighted by Gasteiger charge is -2.33. The molecule has 1 rings (SSSR count). The van der Waals surface area contributed by atoms with E-state index >= 15 is 0 Å². The number of carbonyl (C=O) groups is 1. The lowest BCUT2D eigenvalue weighted by molar-refractivity contribution is -0.150. The van der Waals surface area contributed by atoms with Gasteiger partial charge in [0.25, 0.3) is 0 Å². The summed E-state index contributed by atoms with van der Waals surface area (Å²) >= 11 is 2.03. The smallest absolute Gasteiger partial charge is 0.326 e. The molecule has 1 aliphatic rings. The summed E-state index contributed by atoms with van der Waals surface area (Å²) in [5, 5.41) is 3.44. The molecular weight excluding hydrogens is 270 g/mol. The number of thioether (sulfide) groups is 1. The Hall–Kier alpha value is -0.220. The fraction of sp³-hybridized carbons (Fsp3) is 0.938. The highest BCUT2D eigenvalue weighted by Crippen LogP contribution is 2.39. The molecule has 1 aliphatic carbocycles. The highest BCUT2D eigenvalue weighted by Gasteiger charge is 2.48. The number of nitrogens with one attached hydrogen (secondary N) is 1. The number of carbonyl (C=O) groups excluding carboxylic acids is 1. The first kappa shape index (κ1) is 17.8. The van der Waals surface area contributed by atoms with Gasteiger partial charge >= 0.3 is 5.97 Å². The number of hydrogen-bond acceptors (Lipinski definition) is 4. The molecule has 3 nitrogen and oxygen atoms in total. The number of rotatable bonds is 9. The minimum Gasteiger partial charge on any atom is -0.468 e. The summed E-state index contributed by atoms with van der Waals surface area (Å²) in [4.78, 5) is 12.2. The van der Waals surface area contributed by atoms with E-state index in [1.165, 1.54) is 19.3 Å². The third-order valence-electron chi connectivity index (χ3n) is 4.57. The van der Waals surface area contributed by atoms with Gasteiger partial charge in [0, 0.05) is 0 Å². The summed E-state index contributed by atoms with van der Waals surface area (Å²) in [5.41, 5.74) is -0.416. The Balaban J connectivity index is 2.51. The molecule has 20 heavy (non-hydrogen) atoms. The van der Waals surface area contributed by atoms with Crippen molar-refractivity contribution in [3.63, 3.8) is 0 Å². The van der Waals surface area contributed by atoms with E-state index in [-0.39, 0.29) is 5.97 Å². The Kier molecular flexibility index (Phi) is 7.96. The van der Waals surface area contributed by atoms with E-state index in [0.29, 0.717) is 5.92 Å². The van der Waals surface area contributed by atoms with E-state index in [1.54, 1.807) is 0 Å². The first-order valence-electron chi connectivity index (χ1n) is 8.01. The van der Waals surface area contributed by atoms with Crippen LogP contribution in [0, 0.1) is 11.8 Å². The maximum Gasteiger partial charge on any atom is 0.326 e. The summed E-state index contributed by atoms with van der Waals surface area (Å²) < 4.78 is 5.07. The van der Waals surface area contributed by atoms with Crippen LogP contribution in [0.1, 0.15) is 52.9 Å². The fourth-order valence-corrected chi connectivity index (χ4v) is 4.42. The second kappa shape index (κ2) is 8.93. The molecule has 0 aromatic carbocycles. The molecule has 1 fully saturated rings. The second-order valence-electron chi connectivity index (χ2n) is 5.96. The van der Waals surface area contributed by atoms with Crippen LogP contribution in [0.2, 0.25) is 0 Å². The number of likely N-dealkylation sites (N-methyl/N-ethyl adjacent to an activating group) is 1. The Morgan fingerprint density at radius 3 is 2.85 bits per heavy atom. The predicted molar refractivity (Wildman–Crippen MR) is 87.2 cm³/mol. The number of esters is 1. The average Bonchev–Trinajstić information content (AvgIpc) is 2.86. The largest absolute Gasteiger partial charge is 0.468 e. The Bertz CT molecular complexity index is 298. The first-order chi connectivity index (χ1) is 9.60. The molecule has 1 N–H and O–H groups in total. The van der Waals surface area contributed by atoms with Crippen LogP contribution in [0.5, 0.6) is 0 Å². The van der Waals surface area contributed by atoms with Gasteiger partial charge in [-0.25, -0.2) is 0 Å². The minimum absolute atomic E-state index is 0.0613. The minimum atomic E-state index is -0.416. The van der Waals surface area contributed by atoms with Gasteiger partial charge < -0.3 is 10.1 Å². The summed E-state index contributed by atoms with van der Waals surface area (Å²) in [6.45, 7) is 7.44. The van der Waals surface area contributed by atoms with Gasteiger partial charge in [-0.05, 0) is 49.1 Å². The summed E-state index contributed by atoms with van der Waals surface area (Å²) in [6.07, 6.45) is 5.56. The molecule has 118 valence electrons. The van der Waals surface area contributed by atoms with Crippen LogP contribution in [0.15, 0.2) is 0 Å². The van der Waals surface area contributed by atoms with Crippen LogP contribution in [-0.2, 0) is 9.53 Å². The van der Waals surface area contributed by atoms with E-state index in [1.807, 2.05) is 11.8 Å². The van der Waals surface area contributed by atoms with Crippen molar-refractivity contribution in [3.8, 4) is 0 Å². The maximum absolute atomic E-state index is 12.2. The van der Waals surface area contributed by atoms with Crippen molar-refractivity contribution in [2.75, 3.05) is 25.2 Å². The van der Waals surface area contributed by atoms with Gasteiger partial charge in [-0.2, -0.15) is 11.8 Å². The molecule has 0 amide bonds. The highest BCUT2D eigenvalue weighted by molar-refractivity contribution is 7.99. The Morgan fingerprint density at radius 2 is 2.25 bits per heavy atom. The van der Waals surface area contributed by atoms with Crippen molar-refractivity contribution >= 4 is 17.7 Å². The van der Waals surface area contributed by atoms with Gasteiger partial charge in [0.2, 0.25) is 0 Å². The van der Waals surface area contributed by atoms with Crippen molar-refractivity contribution in [3.05, 3.63) is 0 Å². The molecule has 0 spiro atoms. The fourth-order valence-electron chi connectivity index (χ4n) is 3.17. The zero-order valence-electron chi connectivity index (χ0n) is 13.5. The SMILES string of the molecule is CCNC1(C(=O)OC)CCCC1CCSCC(C)CC. The predicted octanol–water partition coefficient (Wildman–Crippen LogP) is 3.48. The second-order valence-corrected chi connectivity index (χ2v) is 7.11. The molecule has 4 heteroatoms. The molecule has 0 heterocycles. The van der Waals surface area contributed by atoms with Gasteiger partial charge in [0.15, 0.2) is 0 Å². The zero-order chi connectivity index (χ0) is 15.0. The number of methoxy groups -OCH3 is 1. The van der Waals surface area contributed by atoms with Crippen molar-refractivity contribution in [2.45, 2.75) is 58.4 Å². The van der Waals surface area contributed by atoms with Crippen molar-refractivity contribution in [2.24, 2.45) is 11.8 Å². The van der Waals surface area contributed by atoms with Gasteiger partial charge in [-0.3, -0.25) is 4.79 Å². The van der Waals surface area contributed by atoms with E-state index in [2.05, 4.69) is 26.1 Å². The van der Waals surface area contributed by atoms with Crippen LogP contribution < -0.4 is 5.32 Å². The highest BCUT2D eigenvalue weighted by atomic mass is 32.2. The normalized spacial score (nSPS) is 27.5. The van der Waals surface area contributed by atoms with Gasteiger partial charge in [0.05, 0.1) is 7.11 Å². The molecule has 3 unspecified atom stereocenters. The maximum atomic E-state index is 12.2.